The van der Waals surface area contributed by atoms with E-state index in [1.54, 1.807) is 24.3 Å². The number of rotatable bonds is 6. The molecule has 2 aliphatic rings. The Hall–Kier alpha value is -2.98. The number of carbonyl (C=O) groups is 1. The van der Waals surface area contributed by atoms with E-state index in [-0.39, 0.29) is 16.1 Å². The van der Waals surface area contributed by atoms with Crippen molar-refractivity contribution >= 4 is 33.0 Å². The predicted molar refractivity (Wildman–Crippen MR) is 131 cm³/mol. The second kappa shape index (κ2) is 10.1. The maximum Gasteiger partial charge on any atom is 0.293 e. The number of piperidine rings is 2. The summed E-state index contributed by atoms with van der Waals surface area (Å²) >= 11 is 0. The van der Waals surface area contributed by atoms with E-state index in [9.17, 15) is 23.3 Å². The van der Waals surface area contributed by atoms with Crippen molar-refractivity contribution in [2.75, 3.05) is 36.4 Å². The van der Waals surface area contributed by atoms with E-state index in [1.807, 2.05) is 4.90 Å². The van der Waals surface area contributed by atoms with Gasteiger partial charge < -0.3 is 10.2 Å². The fourth-order valence-corrected chi connectivity index (χ4v) is 6.24. The highest BCUT2D eigenvalue weighted by atomic mass is 32.2. The molecule has 1 N–H and O–H groups in total. The number of anilines is 2. The molecule has 4 rings (SSSR count). The molecule has 9 nitrogen and oxygen atoms in total. The Labute approximate surface area is 200 Å². The minimum Gasteiger partial charge on any atom is -0.366 e. The van der Waals surface area contributed by atoms with Gasteiger partial charge >= 0.3 is 0 Å². The Balaban J connectivity index is 1.54. The normalized spacial score (nSPS) is 19.6. The van der Waals surface area contributed by atoms with Crippen LogP contribution in [0.25, 0.3) is 0 Å². The number of hydrogen-bond acceptors (Lipinski definition) is 6. The van der Waals surface area contributed by atoms with Crippen molar-refractivity contribution in [2.24, 2.45) is 5.92 Å². The molecular weight excluding hydrogens is 456 g/mol. The minimum absolute atomic E-state index is 0.108. The third-order valence-corrected chi connectivity index (χ3v) is 8.37. The van der Waals surface area contributed by atoms with E-state index < -0.39 is 20.9 Å². The first-order valence-corrected chi connectivity index (χ1v) is 13.1. The zero-order valence-corrected chi connectivity index (χ0v) is 20.1. The molecule has 2 heterocycles. The van der Waals surface area contributed by atoms with Crippen LogP contribution in [0.4, 0.5) is 17.1 Å². The number of nitro groups is 1. The monoisotopic (exact) mass is 486 g/mol. The average Bonchev–Trinajstić information content (AvgIpc) is 2.84. The molecule has 0 aromatic heterocycles. The number of amides is 1. The van der Waals surface area contributed by atoms with Gasteiger partial charge in [0.1, 0.15) is 5.69 Å². The maximum absolute atomic E-state index is 13.0. The average molecular weight is 487 g/mol. The fraction of sp³-hybridized carbons (Fsp3) is 0.458. The van der Waals surface area contributed by atoms with Gasteiger partial charge in [-0.25, -0.2) is 8.42 Å². The van der Waals surface area contributed by atoms with Crippen molar-refractivity contribution in [2.45, 2.75) is 43.9 Å². The molecule has 10 heteroatoms. The number of carbonyl (C=O) groups excluding carboxylic acids is 1. The van der Waals surface area contributed by atoms with Crippen molar-refractivity contribution in [3.63, 3.8) is 0 Å². The lowest BCUT2D eigenvalue weighted by atomic mass is 9.99. The summed E-state index contributed by atoms with van der Waals surface area (Å²) in [6.45, 7) is 4.59. The summed E-state index contributed by atoms with van der Waals surface area (Å²) < 4.78 is 27.4. The second-order valence-corrected chi connectivity index (χ2v) is 11.0. The molecule has 2 aromatic rings. The van der Waals surface area contributed by atoms with Crippen LogP contribution in [0, 0.1) is 16.0 Å². The number of benzene rings is 2. The van der Waals surface area contributed by atoms with Crippen LogP contribution in [0.2, 0.25) is 0 Å². The lowest BCUT2D eigenvalue weighted by Gasteiger charge is -2.32. The second-order valence-electron chi connectivity index (χ2n) is 9.10. The number of nitro benzene ring substituents is 1. The molecule has 0 radical (unpaired) electrons. The van der Waals surface area contributed by atoms with Gasteiger partial charge in [-0.3, -0.25) is 14.9 Å². The van der Waals surface area contributed by atoms with Crippen LogP contribution >= 0.6 is 0 Å². The van der Waals surface area contributed by atoms with Crippen LogP contribution in [0.5, 0.6) is 0 Å². The van der Waals surface area contributed by atoms with E-state index in [0.717, 1.165) is 45.2 Å². The zero-order valence-electron chi connectivity index (χ0n) is 19.3. The van der Waals surface area contributed by atoms with Crippen LogP contribution in [-0.2, 0) is 10.0 Å². The van der Waals surface area contributed by atoms with Crippen LogP contribution in [0.1, 0.15) is 49.4 Å². The molecular formula is C24H30N4O5S. The molecule has 0 unspecified atom stereocenters. The zero-order chi connectivity index (χ0) is 24.3. The summed E-state index contributed by atoms with van der Waals surface area (Å²) in [5.74, 6) is -0.0843. The van der Waals surface area contributed by atoms with E-state index in [4.69, 9.17) is 0 Å². The van der Waals surface area contributed by atoms with Gasteiger partial charge in [-0.05, 0) is 61.9 Å². The Morgan fingerprint density at radius 2 is 1.82 bits per heavy atom. The Bertz CT molecular complexity index is 1180. The van der Waals surface area contributed by atoms with E-state index in [0.29, 0.717) is 30.4 Å². The van der Waals surface area contributed by atoms with E-state index >= 15 is 0 Å². The molecule has 1 amide bonds. The SMILES string of the molecule is C[C@@H]1CCCN(c2ccc(C(=O)Nc3cccc(S(=O)(=O)N4CCCCC4)c3)cc2[N+](=O)[O-])C1. The third kappa shape index (κ3) is 5.23. The van der Waals surface area contributed by atoms with E-state index in [1.165, 1.54) is 22.5 Å². The Morgan fingerprint density at radius 3 is 2.53 bits per heavy atom. The summed E-state index contributed by atoms with van der Waals surface area (Å²) in [4.78, 5) is 26.3. The largest absolute Gasteiger partial charge is 0.366 e. The topological polar surface area (TPSA) is 113 Å². The summed E-state index contributed by atoms with van der Waals surface area (Å²) in [7, 11) is -3.64. The standard InChI is InChI=1S/C24H30N4O5S/c1-18-7-6-12-26(17-18)22-11-10-19(15-23(22)28(30)31)24(29)25-20-8-5-9-21(16-20)34(32,33)27-13-3-2-4-14-27/h5,8-11,15-16,18H,2-4,6-7,12-14,17H2,1H3,(H,25,29)/t18-/m1/s1. The van der Waals surface area contributed by atoms with Gasteiger partial charge in [0.05, 0.1) is 9.82 Å². The first-order valence-electron chi connectivity index (χ1n) is 11.7. The molecule has 2 saturated heterocycles. The highest BCUT2D eigenvalue weighted by molar-refractivity contribution is 7.89. The van der Waals surface area contributed by atoms with Gasteiger partial charge in [0.25, 0.3) is 11.6 Å². The van der Waals surface area contributed by atoms with Crippen molar-refractivity contribution in [3.05, 3.63) is 58.1 Å². The van der Waals surface area contributed by atoms with Gasteiger partial charge in [-0.2, -0.15) is 4.31 Å². The fourth-order valence-electron chi connectivity index (χ4n) is 4.68. The number of nitrogens with one attached hydrogen (secondary N) is 1. The molecule has 1 atom stereocenters. The molecule has 2 aliphatic heterocycles. The molecule has 2 fully saturated rings. The maximum atomic E-state index is 13.0. The third-order valence-electron chi connectivity index (χ3n) is 6.48. The molecule has 0 bridgehead atoms. The number of nitrogens with zero attached hydrogens (tertiary/aromatic N) is 3. The summed E-state index contributed by atoms with van der Waals surface area (Å²) in [5.41, 5.74) is 0.871. The first-order chi connectivity index (χ1) is 16.3. The van der Waals surface area contributed by atoms with Gasteiger partial charge in [0.15, 0.2) is 0 Å². The Kier molecular flexibility index (Phi) is 7.18. The van der Waals surface area contributed by atoms with Crippen LogP contribution in [0.15, 0.2) is 47.4 Å². The Morgan fingerprint density at radius 1 is 1.06 bits per heavy atom. The van der Waals surface area contributed by atoms with Crippen molar-refractivity contribution in [3.8, 4) is 0 Å². The molecule has 182 valence electrons. The van der Waals surface area contributed by atoms with Crippen LogP contribution in [0.3, 0.4) is 0 Å². The van der Waals surface area contributed by atoms with Crippen molar-refractivity contribution in [1.82, 2.24) is 4.31 Å². The van der Waals surface area contributed by atoms with E-state index in [2.05, 4.69) is 12.2 Å². The first kappa shape index (κ1) is 24.2. The van der Waals surface area contributed by atoms with Gasteiger partial charge in [-0.1, -0.05) is 19.4 Å². The molecule has 2 aromatic carbocycles. The minimum atomic E-state index is -3.64. The quantitative estimate of drug-likeness (QED) is 0.482. The number of sulfonamides is 1. The van der Waals surface area contributed by atoms with Crippen molar-refractivity contribution < 1.29 is 18.1 Å². The lowest BCUT2D eigenvalue weighted by molar-refractivity contribution is -0.384. The molecule has 0 aliphatic carbocycles. The summed E-state index contributed by atoms with van der Waals surface area (Å²) in [6.07, 6.45) is 4.75. The molecule has 0 saturated carbocycles. The molecule has 0 spiro atoms. The van der Waals surface area contributed by atoms with Gasteiger partial charge in [0, 0.05) is 43.5 Å². The molecule has 34 heavy (non-hydrogen) atoms. The smallest absolute Gasteiger partial charge is 0.293 e. The number of hydrogen-bond donors (Lipinski definition) is 1. The summed E-state index contributed by atoms with van der Waals surface area (Å²) in [6, 6.07) is 10.6. The lowest BCUT2D eigenvalue weighted by Crippen LogP contribution is -2.35. The van der Waals surface area contributed by atoms with Crippen LogP contribution < -0.4 is 10.2 Å². The highest BCUT2D eigenvalue weighted by Gasteiger charge is 2.27. The highest BCUT2D eigenvalue weighted by Crippen LogP contribution is 2.33. The van der Waals surface area contributed by atoms with Crippen molar-refractivity contribution in [1.29, 1.82) is 0 Å². The summed E-state index contributed by atoms with van der Waals surface area (Å²) in [5, 5.41) is 14.4. The van der Waals surface area contributed by atoms with Gasteiger partial charge in [0.2, 0.25) is 10.0 Å². The van der Waals surface area contributed by atoms with Gasteiger partial charge in [-0.15, -0.1) is 0 Å². The van der Waals surface area contributed by atoms with Crippen LogP contribution in [-0.4, -0.2) is 49.7 Å². The predicted octanol–water partition coefficient (Wildman–Crippen LogP) is 4.26.